The number of unbranched alkanes of at least 4 members (excludes halogenated alkanes) is 5. The Morgan fingerprint density at radius 3 is 2.43 bits per heavy atom. The Morgan fingerprint density at radius 2 is 1.81 bits per heavy atom. The average molecular weight is 295 g/mol. The summed E-state index contributed by atoms with van der Waals surface area (Å²) in [5, 5.41) is 9.06. The number of aromatic nitrogens is 2. The lowest BCUT2D eigenvalue weighted by Gasteiger charge is -2.04. The second-order valence-electron chi connectivity index (χ2n) is 5.88. The normalized spacial score (nSPS) is 11.0. The maximum Gasteiger partial charge on any atom is 0.346 e. The van der Waals surface area contributed by atoms with E-state index in [1.165, 1.54) is 43.6 Å². The molecule has 0 fully saturated rings. The molecule has 1 N–H and O–H groups in total. The van der Waals surface area contributed by atoms with Crippen LogP contribution in [-0.2, 0) is 24.3 Å². The van der Waals surface area contributed by atoms with Crippen LogP contribution in [0.4, 0.5) is 0 Å². The molecule has 0 bridgehead atoms. The van der Waals surface area contributed by atoms with Crippen LogP contribution in [0.5, 0.6) is 0 Å². The second kappa shape index (κ2) is 9.59. The lowest BCUT2D eigenvalue weighted by molar-refractivity contribution is -0.693. The zero-order valence-corrected chi connectivity index (χ0v) is 13.9. The van der Waals surface area contributed by atoms with Crippen molar-refractivity contribution in [2.24, 2.45) is 0 Å². The van der Waals surface area contributed by atoms with Crippen LogP contribution in [0.15, 0.2) is 6.20 Å². The first kappa shape index (κ1) is 17.7. The number of nitrogens with zero attached hydrogens (tertiary/aromatic N) is 2. The Hall–Kier alpha value is -1.32. The molecule has 0 saturated heterocycles. The van der Waals surface area contributed by atoms with E-state index >= 15 is 0 Å². The summed E-state index contributed by atoms with van der Waals surface area (Å²) in [5.74, 6) is 0.407. The number of carbonyl (C=O) groups is 1. The molecule has 0 aromatic carbocycles. The summed E-state index contributed by atoms with van der Waals surface area (Å²) in [6.07, 6.45) is 11.6. The molecule has 120 valence electrons. The molecule has 4 heteroatoms. The van der Waals surface area contributed by atoms with E-state index in [1.54, 1.807) is 0 Å². The van der Waals surface area contributed by atoms with E-state index in [9.17, 15) is 4.79 Å². The molecule has 0 radical (unpaired) electrons. The van der Waals surface area contributed by atoms with E-state index in [0.29, 0.717) is 0 Å². The number of imidazole rings is 1. The fourth-order valence-corrected chi connectivity index (χ4v) is 2.88. The number of carboxylic acids is 1. The molecule has 4 nitrogen and oxygen atoms in total. The van der Waals surface area contributed by atoms with Crippen LogP contribution in [-0.4, -0.2) is 15.6 Å². The third-order valence-corrected chi connectivity index (χ3v) is 3.92. The molecule has 0 atom stereocenters. The highest BCUT2D eigenvalue weighted by atomic mass is 16.4. The first-order valence-corrected chi connectivity index (χ1v) is 8.40. The number of aryl methyl sites for hydroxylation is 1. The molecular weight excluding hydrogens is 264 g/mol. The SMILES string of the molecule is CCCCCCCCc1n(CCC)c(C)c[n+]1CC(=O)O. The topological polar surface area (TPSA) is 46.1 Å². The molecule has 1 aromatic rings. The molecule has 0 spiro atoms. The quantitative estimate of drug-likeness (QED) is 0.502. The van der Waals surface area contributed by atoms with Crippen molar-refractivity contribution in [1.82, 2.24) is 4.57 Å². The van der Waals surface area contributed by atoms with E-state index in [2.05, 4.69) is 25.3 Å². The minimum Gasteiger partial charge on any atom is -0.478 e. The number of carboxylic acid groups (broad SMARTS) is 1. The van der Waals surface area contributed by atoms with Gasteiger partial charge in [0.1, 0.15) is 11.9 Å². The first-order valence-electron chi connectivity index (χ1n) is 8.40. The van der Waals surface area contributed by atoms with Crippen LogP contribution in [0.3, 0.4) is 0 Å². The van der Waals surface area contributed by atoms with Gasteiger partial charge in [0.05, 0.1) is 6.54 Å². The van der Waals surface area contributed by atoms with Crippen LogP contribution in [0.1, 0.15) is 70.3 Å². The van der Waals surface area contributed by atoms with Crippen molar-refractivity contribution < 1.29 is 14.5 Å². The molecule has 0 aliphatic rings. The Bertz CT molecular complexity index is 438. The van der Waals surface area contributed by atoms with Crippen molar-refractivity contribution in [2.75, 3.05) is 0 Å². The molecule has 1 aromatic heterocycles. The summed E-state index contributed by atoms with van der Waals surface area (Å²) >= 11 is 0. The van der Waals surface area contributed by atoms with Gasteiger partial charge in [-0.25, -0.2) is 13.9 Å². The molecule has 0 unspecified atom stereocenters. The van der Waals surface area contributed by atoms with Gasteiger partial charge in [0.2, 0.25) is 0 Å². The Morgan fingerprint density at radius 1 is 1.14 bits per heavy atom. The van der Waals surface area contributed by atoms with Crippen LogP contribution in [0.25, 0.3) is 0 Å². The predicted molar refractivity (Wildman–Crippen MR) is 84.4 cm³/mol. The third-order valence-electron chi connectivity index (χ3n) is 3.92. The Labute approximate surface area is 128 Å². The maximum absolute atomic E-state index is 11.0. The van der Waals surface area contributed by atoms with E-state index in [1.807, 2.05) is 10.8 Å². The Kier molecular flexibility index (Phi) is 8.09. The molecule has 1 heterocycles. The van der Waals surface area contributed by atoms with E-state index in [4.69, 9.17) is 5.11 Å². The van der Waals surface area contributed by atoms with Gasteiger partial charge in [-0.15, -0.1) is 0 Å². The van der Waals surface area contributed by atoms with Crippen LogP contribution < -0.4 is 4.57 Å². The molecule has 0 aliphatic heterocycles. The summed E-state index contributed by atoms with van der Waals surface area (Å²) in [7, 11) is 0. The summed E-state index contributed by atoms with van der Waals surface area (Å²) in [6.45, 7) is 7.51. The fourth-order valence-electron chi connectivity index (χ4n) is 2.88. The minimum absolute atomic E-state index is 0.0721. The zero-order valence-electron chi connectivity index (χ0n) is 13.9. The van der Waals surface area contributed by atoms with Gasteiger partial charge < -0.3 is 5.11 Å². The lowest BCUT2D eigenvalue weighted by atomic mass is 10.1. The minimum atomic E-state index is -0.766. The molecule has 0 amide bonds. The van der Waals surface area contributed by atoms with Crippen molar-refractivity contribution in [3.63, 3.8) is 0 Å². The smallest absolute Gasteiger partial charge is 0.346 e. The van der Waals surface area contributed by atoms with Gasteiger partial charge >= 0.3 is 5.97 Å². The summed E-state index contributed by atoms with van der Waals surface area (Å²) in [5.41, 5.74) is 1.17. The average Bonchev–Trinajstić information content (AvgIpc) is 2.70. The van der Waals surface area contributed by atoms with Crippen molar-refractivity contribution in [1.29, 1.82) is 0 Å². The molecule has 0 aliphatic carbocycles. The van der Waals surface area contributed by atoms with Gasteiger partial charge in [-0.05, 0) is 12.8 Å². The van der Waals surface area contributed by atoms with Crippen LogP contribution in [0.2, 0.25) is 0 Å². The maximum atomic E-state index is 11.0. The molecule has 21 heavy (non-hydrogen) atoms. The van der Waals surface area contributed by atoms with Crippen molar-refractivity contribution in [2.45, 2.75) is 85.2 Å². The van der Waals surface area contributed by atoms with Gasteiger partial charge in [0.15, 0.2) is 6.54 Å². The number of aliphatic carboxylic acids is 1. The number of hydrogen-bond acceptors (Lipinski definition) is 1. The van der Waals surface area contributed by atoms with E-state index in [-0.39, 0.29) is 6.54 Å². The summed E-state index contributed by atoms with van der Waals surface area (Å²) < 4.78 is 4.20. The van der Waals surface area contributed by atoms with Gasteiger partial charge in [0, 0.05) is 13.3 Å². The van der Waals surface area contributed by atoms with Crippen LogP contribution in [0, 0.1) is 6.92 Å². The van der Waals surface area contributed by atoms with E-state index in [0.717, 1.165) is 25.8 Å². The fraction of sp³-hybridized carbons (Fsp3) is 0.765. The van der Waals surface area contributed by atoms with Crippen molar-refractivity contribution >= 4 is 5.97 Å². The molecule has 0 saturated carbocycles. The van der Waals surface area contributed by atoms with Gasteiger partial charge in [-0.3, -0.25) is 0 Å². The van der Waals surface area contributed by atoms with Crippen molar-refractivity contribution in [3.05, 3.63) is 17.7 Å². The summed E-state index contributed by atoms with van der Waals surface area (Å²) in [6, 6.07) is 0. The monoisotopic (exact) mass is 295 g/mol. The highest BCUT2D eigenvalue weighted by Gasteiger charge is 2.21. The first-order chi connectivity index (χ1) is 10.1. The molecule has 1 rings (SSSR count). The second-order valence-corrected chi connectivity index (χ2v) is 5.88. The van der Waals surface area contributed by atoms with Crippen LogP contribution >= 0.6 is 0 Å². The van der Waals surface area contributed by atoms with Crippen molar-refractivity contribution in [3.8, 4) is 0 Å². The predicted octanol–water partition coefficient (Wildman–Crippen LogP) is 3.48. The number of hydrogen-bond donors (Lipinski definition) is 1. The standard InChI is InChI=1S/C17H30N2O2/c1-4-6-7-8-9-10-11-16-18(14-17(20)21)13-15(3)19(16)12-5-2/h13H,4-12,14H2,1-3H3/p+1. The number of rotatable bonds is 11. The Balaban J connectivity index is 2.65. The lowest BCUT2D eigenvalue weighted by Crippen LogP contribution is -2.41. The summed E-state index contributed by atoms with van der Waals surface area (Å²) in [4.78, 5) is 11.0. The molecular formula is C17H31N2O2+. The highest BCUT2D eigenvalue weighted by Crippen LogP contribution is 2.11. The van der Waals surface area contributed by atoms with Gasteiger partial charge in [-0.1, -0.05) is 46.0 Å². The van der Waals surface area contributed by atoms with Gasteiger partial charge in [-0.2, -0.15) is 0 Å². The highest BCUT2D eigenvalue weighted by molar-refractivity contribution is 5.64. The van der Waals surface area contributed by atoms with Gasteiger partial charge in [0.25, 0.3) is 5.82 Å². The zero-order chi connectivity index (χ0) is 15.7. The van der Waals surface area contributed by atoms with E-state index < -0.39 is 5.97 Å². The third kappa shape index (κ3) is 5.90. The largest absolute Gasteiger partial charge is 0.478 e.